The number of nitrogens with zero attached hydrogens (tertiary/aromatic N) is 2. The third kappa shape index (κ3) is 6.72. The van der Waals surface area contributed by atoms with Crippen LogP contribution in [0, 0.1) is 11.7 Å². The minimum Gasteiger partial charge on any atom is -0.393 e. The Bertz CT molecular complexity index is 740. The van der Waals surface area contributed by atoms with Crippen LogP contribution in [0.3, 0.4) is 0 Å². The molecule has 3 rings (SSSR count). The summed E-state index contributed by atoms with van der Waals surface area (Å²) in [4.78, 5) is 6.44. The first-order valence-corrected chi connectivity index (χ1v) is 11.1. The molecule has 0 atom stereocenters. The van der Waals surface area contributed by atoms with E-state index < -0.39 is 12.1 Å². The van der Waals surface area contributed by atoms with Gasteiger partial charge in [0.15, 0.2) is 5.96 Å². The summed E-state index contributed by atoms with van der Waals surface area (Å²) in [5.74, 6) is -0.991. The summed E-state index contributed by atoms with van der Waals surface area (Å²) in [5, 5.41) is 16.0. The molecular formula is C22H32F4N4O. The molecule has 1 heterocycles. The summed E-state index contributed by atoms with van der Waals surface area (Å²) in [6, 6.07) is 5.01. The minimum atomic E-state index is -4.12. The van der Waals surface area contributed by atoms with Gasteiger partial charge < -0.3 is 20.6 Å². The minimum absolute atomic E-state index is 0.0510. The number of halogens is 4. The molecule has 0 spiro atoms. The van der Waals surface area contributed by atoms with E-state index in [1.807, 2.05) is 17.9 Å². The first-order chi connectivity index (χ1) is 14.8. The number of piperidine rings is 1. The highest BCUT2D eigenvalue weighted by molar-refractivity contribution is 5.80. The molecule has 5 nitrogen and oxygen atoms in total. The number of aliphatic hydroxyl groups excluding tert-OH is 1. The maximum absolute atomic E-state index is 14.6. The Morgan fingerprint density at radius 3 is 2.39 bits per heavy atom. The zero-order valence-corrected chi connectivity index (χ0v) is 17.9. The molecular weight excluding hydrogens is 412 g/mol. The lowest BCUT2D eigenvalue weighted by Gasteiger charge is -2.31. The maximum Gasteiger partial charge on any atom is 0.391 e. The first-order valence-electron chi connectivity index (χ1n) is 11.1. The number of hydrogen-bond donors (Lipinski definition) is 3. The molecule has 174 valence electrons. The van der Waals surface area contributed by atoms with Gasteiger partial charge in [-0.3, -0.25) is 0 Å². The van der Waals surface area contributed by atoms with Gasteiger partial charge in [0.2, 0.25) is 0 Å². The fraction of sp³-hybridized carbons (Fsp3) is 0.682. The number of guanidine groups is 1. The molecule has 1 aromatic carbocycles. The van der Waals surface area contributed by atoms with Crippen molar-refractivity contribution in [3.05, 3.63) is 29.6 Å². The van der Waals surface area contributed by atoms with Gasteiger partial charge in [-0.15, -0.1) is 0 Å². The van der Waals surface area contributed by atoms with Crippen molar-refractivity contribution in [2.24, 2.45) is 10.9 Å². The molecule has 0 bridgehead atoms. The number of alkyl halides is 3. The van der Waals surface area contributed by atoms with Gasteiger partial charge in [0, 0.05) is 25.7 Å². The van der Waals surface area contributed by atoms with Crippen LogP contribution in [0.2, 0.25) is 0 Å². The van der Waals surface area contributed by atoms with Gasteiger partial charge in [-0.1, -0.05) is 6.07 Å². The predicted molar refractivity (Wildman–Crippen MR) is 114 cm³/mol. The summed E-state index contributed by atoms with van der Waals surface area (Å²) in [5.41, 5.74) is 1.25. The quantitative estimate of drug-likeness (QED) is 0.366. The largest absolute Gasteiger partial charge is 0.393 e. The Morgan fingerprint density at radius 1 is 1.13 bits per heavy atom. The van der Waals surface area contributed by atoms with E-state index in [1.54, 1.807) is 6.07 Å². The van der Waals surface area contributed by atoms with Crippen LogP contribution in [0.5, 0.6) is 0 Å². The summed E-state index contributed by atoms with van der Waals surface area (Å²) in [7, 11) is 0. The summed E-state index contributed by atoms with van der Waals surface area (Å²) in [6.07, 6.45) is -2.02. The number of anilines is 1. The lowest BCUT2D eigenvalue weighted by atomic mass is 9.85. The second-order valence-corrected chi connectivity index (χ2v) is 8.43. The number of nitrogens with one attached hydrogen (secondary N) is 2. The highest BCUT2D eigenvalue weighted by Crippen LogP contribution is 2.37. The third-order valence-electron chi connectivity index (χ3n) is 6.11. The van der Waals surface area contributed by atoms with Crippen molar-refractivity contribution in [2.45, 2.75) is 70.3 Å². The zero-order chi connectivity index (χ0) is 22.4. The fourth-order valence-electron chi connectivity index (χ4n) is 4.26. The van der Waals surface area contributed by atoms with Crippen LogP contribution >= 0.6 is 0 Å². The molecule has 1 aliphatic carbocycles. The molecule has 31 heavy (non-hydrogen) atoms. The van der Waals surface area contributed by atoms with Gasteiger partial charge in [0.05, 0.1) is 24.3 Å². The molecule has 0 radical (unpaired) electrons. The molecule has 0 amide bonds. The molecule has 3 N–H and O–H groups in total. The second-order valence-electron chi connectivity index (χ2n) is 8.43. The van der Waals surface area contributed by atoms with Gasteiger partial charge in [-0.2, -0.15) is 13.2 Å². The molecule has 1 aromatic rings. The lowest BCUT2D eigenvalue weighted by molar-refractivity contribution is -0.182. The monoisotopic (exact) mass is 444 g/mol. The maximum atomic E-state index is 14.6. The second kappa shape index (κ2) is 10.5. The molecule has 1 aliphatic heterocycles. The van der Waals surface area contributed by atoms with Crippen molar-refractivity contribution in [1.29, 1.82) is 0 Å². The normalized spacial score (nSPS) is 23.7. The predicted octanol–water partition coefficient (Wildman–Crippen LogP) is 3.96. The smallest absolute Gasteiger partial charge is 0.391 e. The standard InChI is InChI=1S/C22H32F4N4O/c1-2-27-21(29-17-6-4-16(5-7-17)22(24,25)26)28-14-15-3-8-20(19(23)13-15)30-11-9-18(31)10-12-30/h3,8,13,16-18,31H,2,4-7,9-12,14H2,1H3,(H2,27,28,29). The number of aliphatic imine (C=N–C) groups is 1. The Balaban J connectivity index is 1.57. The van der Waals surface area contributed by atoms with Crippen molar-refractivity contribution in [3.8, 4) is 0 Å². The molecule has 1 saturated carbocycles. The zero-order valence-electron chi connectivity index (χ0n) is 17.9. The van der Waals surface area contributed by atoms with Crippen LogP contribution in [0.1, 0.15) is 51.0 Å². The van der Waals surface area contributed by atoms with Crippen LogP contribution in [-0.4, -0.2) is 49.0 Å². The average Bonchev–Trinajstić information content (AvgIpc) is 2.73. The Morgan fingerprint density at radius 2 is 1.81 bits per heavy atom. The van der Waals surface area contributed by atoms with E-state index in [0.717, 1.165) is 5.56 Å². The van der Waals surface area contributed by atoms with E-state index in [1.165, 1.54) is 6.07 Å². The van der Waals surface area contributed by atoms with Gasteiger partial charge >= 0.3 is 6.18 Å². The molecule has 0 unspecified atom stereocenters. The van der Waals surface area contributed by atoms with Crippen molar-refractivity contribution in [3.63, 3.8) is 0 Å². The highest BCUT2D eigenvalue weighted by atomic mass is 19.4. The number of benzene rings is 1. The lowest BCUT2D eigenvalue weighted by Crippen LogP contribution is -2.45. The van der Waals surface area contributed by atoms with Gasteiger partial charge in [0.1, 0.15) is 5.82 Å². The summed E-state index contributed by atoms with van der Waals surface area (Å²) in [6.45, 7) is 4.06. The summed E-state index contributed by atoms with van der Waals surface area (Å²) >= 11 is 0. The first kappa shape index (κ1) is 23.6. The van der Waals surface area contributed by atoms with E-state index in [2.05, 4.69) is 15.6 Å². The Labute approximate surface area is 180 Å². The number of aliphatic hydroxyl groups is 1. The molecule has 2 aliphatic rings. The third-order valence-corrected chi connectivity index (χ3v) is 6.11. The SMILES string of the molecule is CCNC(=NCc1ccc(N2CCC(O)CC2)c(F)c1)NC1CCC(C(F)(F)F)CC1. The van der Waals surface area contributed by atoms with Crippen molar-refractivity contribution >= 4 is 11.6 Å². The molecule has 0 aromatic heterocycles. The van der Waals surface area contributed by atoms with Crippen LogP contribution in [-0.2, 0) is 6.54 Å². The van der Waals surface area contributed by atoms with Gasteiger partial charge in [-0.25, -0.2) is 9.38 Å². The molecule has 9 heteroatoms. The van der Waals surface area contributed by atoms with Crippen molar-refractivity contribution in [1.82, 2.24) is 10.6 Å². The van der Waals surface area contributed by atoms with Gasteiger partial charge in [0.25, 0.3) is 0 Å². The average molecular weight is 445 g/mol. The van der Waals surface area contributed by atoms with Crippen molar-refractivity contribution in [2.75, 3.05) is 24.5 Å². The molecule has 2 fully saturated rings. The van der Waals surface area contributed by atoms with Crippen LogP contribution < -0.4 is 15.5 Å². The number of hydrogen-bond acceptors (Lipinski definition) is 3. The van der Waals surface area contributed by atoms with Crippen molar-refractivity contribution < 1.29 is 22.7 Å². The van der Waals surface area contributed by atoms with E-state index in [0.29, 0.717) is 57.0 Å². The van der Waals surface area contributed by atoms with Crippen LogP contribution in [0.4, 0.5) is 23.2 Å². The van der Waals surface area contributed by atoms with E-state index in [9.17, 15) is 22.7 Å². The Kier molecular flexibility index (Phi) is 8.02. The fourth-order valence-corrected chi connectivity index (χ4v) is 4.26. The van der Waals surface area contributed by atoms with Crippen LogP contribution in [0.15, 0.2) is 23.2 Å². The topological polar surface area (TPSA) is 59.9 Å². The molecule has 1 saturated heterocycles. The highest BCUT2D eigenvalue weighted by Gasteiger charge is 2.41. The van der Waals surface area contributed by atoms with E-state index in [-0.39, 0.29) is 37.3 Å². The van der Waals surface area contributed by atoms with E-state index >= 15 is 0 Å². The van der Waals surface area contributed by atoms with Gasteiger partial charge in [-0.05, 0) is 63.1 Å². The van der Waals surface area contributed by atoms with E-state index in [4.69, 9.17) is 0 Å². The summed E-state index contributed by atoms with van der Waals surface area (Å²) < 4.78 is 53.2. The van der Waals surface area contributed by atoms with Crippen LogP contribution in [0.25, 0.3) is 0 Å². The number of rotatable bonds is 5. The Hall–Kier alpha value is -2.03.